The number of benzene rings is 1. The van der Waals surface area contributed by atoms with Gasteiger partial charge in [-0.05, 0) is 69.8 Å². The molecular weight excluding hydrogens is 346 g/mol. The molecule has 4 heteroatoms. The van der Waals surface area contributed by atoms with Gasteiger partial charge in [-0.3, -0.25) is 0 Å². The quantitative estimate of drug-likeness (QED) is 0.621. The summed E-state index contributed by atoms with van der Waals surface area (Å²) in [4.78, 5) is 0. The van der Waals surface area contributed by atoms with E-state index < -0.39 is 0 Å². The fourth-order valence-corrected chi connectivity index (χ4v) is 3.81. The van der Waals surface area contributed by atoms with Crippen molar-refractivity contribution < 1.29 is 4.42 Å². The van der Waals surface area contributed by atoms with Crippen LogP contribution < -0.4 is 5.32 Å². The van der Waals surface area contributed by atoms with Crippen LogP contribution >= 0.6 is 27.3 Å². The van der Waals surface area contributed by atoms with Crippen molar-refractivity contribution in [2.75, 3.05) is 6.54 Å². The molecule has 0 saturated carbocycles. The fraction of sp³-hybridized carbons (Fsp3) is 0.294. The van der Waals surface area contributed by atoms with Crippen molar-refractivity contribution in [1.82, 2.24) is 5.32 Å². The van der Waals surface area contributed by atoms with E-state index >= 15 is 0 Å². The van der Waals surface area contributed by atoms with Crippen LogP contribution in [-0.2, 0) is 6.42 Å². The lowest BCUT2D eigenvalue weighted by Gasteiger charge is -2.16. The molecule has 2 heterocycles. The molecule has 3 rings (SSSR count). The summed E-state index contributed by atoms with van der Waals surface area (Å²) in [6, 6.07) is 12.8. The zero-order valence-corrected chi connectivity index (χ0v) is 14.3. The van der Waals surface area contributed by atoms with E-state index in [2.05, 4.69) is 57.8 Å². The monoisotopic (exact) mass is 363 g/mol. The summed E-state index contributed by atoms with van der Waals surface area (Å²) in [5.74, 6) is 0.991. The maximum Gasteiger partial charge on any atom is 0.169 e. The maximum atomic E-state index is 5.76. The minimum atomic E-state index is 0.217. The molecule has 0 aliphatic heterocycles. The minimum absolute atomic E-state index is 0.217. The lowest BCUT2D eigenvalue weighted by Crippen LogP contribution is -2.23. The first-order valence-electron chi connectivity index (χ1n) is 7.21. The van der Waals surface area contributed by atoms with Crippen molar-refractivity contribution >= 4 is 37.4 Å². The van der Waals surface area contributed by atoms with Gasteiger partial charge in [-0.25, -0.2) is 0 Å². The molecule has 0 radical (unpaired) electrons. The minimum Gasteiger partial charge on any atom is -0.453 e. The maximum absolute atomic E-state index is 5.76. The number of hydrogen-bond acceptors (Lipinski definition) is 3. The molecule has 3 aromatic rings. The second-order valence-electron chi connectivity index (χ2n) is 5.11. The van der Waals surface area contributed by atoms with Gasteiger partial charge in [0.25, 0.3) is 0 Å². The first-order valence-corrected chi connectivity index (χ1v) is 8.89. The van der Waals surface area contributed by atoms with Crippen LogP contribution in [0.4, 0.5) is 0 Å². The number of halogens is 1. The van der Waals surface area contributed by atoms with Gasteiger partial charge in [0.15, 0.2) is 4.67 Å². The van der Waals surface area contributed by atoms with Crippen molar-refractivity contribution in [2.24, 2.45) is 0 Å². The summed E-state index contributed by atoms with van der Waals surface area (Å²) < 4.78 is 7.90. The van der Waals surface area contributed by atoms with Gasteiger partial charge in [0.1, 0.15) is 5.76 Å². The topological polar surface area (TPSA) is 25.2 Å². The number of fused-ring (bicyclic) bond motifs is 1. The third-order valence-corrected chi connectivity index (χ3v) is 5.00. The average molecular weight is 364 g/mol. The number of thiophene rings is 1. The van der Waals surface area contributed by atoms with Crippen LogP contribution in [-0.4, -0.2) is 6.54 Å². The zero-order valence-electron chi connectivity index (χ0n) is 11.9. The molecule has 1 unspecified atom stereocenters. The summed E-state index contributed by atoms with van der Waals surface area (Å²) >= 11 is 5.21. The van der Waals surface area contributed by atoms with Gasteiger partial charge in [-0.1, -0.05) is 25.1 Å². The Bertz CT molecular complexity index is 718. The first kappa shape index (κ1) is 14.8. The molecule has 0 aliphatic carbocycles. The number of nitrogens with one attached hydrogen (secondary N) is 1. The normalized spacial score (nSPS) is 12.9. The Balaban J connectivity index is 1.87. The van der Waals surface area contributed by atoms with Gasteiger partial charge in [0.2, 0.25) is 0 Å². The van der Waals surface area contributed by atoms with E-state index in [-0.39, 0.29) is 6.04 Å². The highest BCUT2D eigenvalue weighted by atomic mass is 79.9. The number of furan rings is 1. The molecule has 0 bridgehead atoms. The first-order chi connectivity index (χ1) is 10.3. The van der Waals surface area contributed by atoms with E-state index in [0.717, 1.165) is 29.8 Å². The molecule has 1 aromatic carbocycles. The second kappa shape index (κ2) is 6.77. The summed E-state index contributed by atoms with van der Waals surface area (Å²) in [6.45, 7) is 3.17. The smallest absolute Gasteiger partial charge is 0.169 e. The van der Waals surface area contributed by atoms with Gasteiger partial charge in [-0.2, -0.15) is 0 Å². The van der Waals surface area contributed by atoms with E-state index in [1.807, 2.05) is 23.5 Å². The Hall–Kier alpha value is -1.10. The highest BCUT2D eigenvalue weighted by molar-refractivity contribution is 9.10. The lowest BCUT2D eigenvalue weighted by atomic mass is 10.0. The lowest BCUT2D eigenvalue weighted by molar-refractivity contribution is 0.400. The van der Waals surface area contributed by atoms with Crippen LogP contribution in [0.2, 0.25) is 0 Å². The Morgan fingerprint density at radius 2 is 2.10 bits per heavy atom. The molecule has 0 fully saturated rings. The Morgan fingerprint density at radius 3 is 2.86 bits per heavy atom. The standard InChI is InChI=1S/C17H18BrNOS/c1-2-9-19-14(15-7-8-17(18)20-15)10-12-11-21-16-6-4-3-5-13(12)16/h3-8,11,14,19H,2,9-10H2,1H3. The predicted molar refractivity (Wildman–Crippen MR) is 93.0 cm³/mol. The molecule has 0 spiro atoms. The van der Waals surface area contributed by atoms with E-state index in [9.17, 15) is 0 Å². The van der Waals surface area contributed by atoms with Gasteiger partial charge in [0.05, 0.1) is 6.04 Å². The Labute approximate surface area is 137 Å². The Morgan fingerprint density at radius 1 is 1.24 bits per heavy atom. The van der Waals surface area contributed by atoms with Gasteiger partial charge in [-0.15, -0.1) is 11.3 Å². The van der Waals surface area contributed by atoms with Crippen molar-refractivity contribution in [1.29, 1.82) is 0 Å². The molecule has 0 amide bonds. The summed E-state index contributed by atoms with van der Waals surface area (Å²) in [7, 11) is 0. The van der Waals surface area contributed by atoms with Crippen LogP contribution in [0.1, 0.15) is 30.7 Å². The van der Waals surface area contributed by atoms with E-state index in [1.54, 1.807) is 0 Å². The Kier molecular flexibility index (Phi) is 4.78. The SMILES string of the molecule is CCCNC(Cc1csc2ccccc12)c1ccc(Br)o1. The van der Waals surface area contributed by atoms with E-state index in [4.69, 9.17) is 4.42 Å². The van der Waals surface area contributed by atoms with Crippen LogP contribution in [0.25, 0.3) is 10.1 Å². The van der Waals surface area contributed by atoms with Crippen molar-refractivity contribution in [3.05, 3.63) is 57.8 Å². The second-order valence-corrected chi connectivity index (χ2v) is 6.80. The summed E-state index contributed by atoms with van der Waals surface area (Å²) in [5.41, 5.74) is 1.39. The third kappa shape index (κ3) is 3.39. The van der Waals surface area contributed by atoms with Crippen LogP contribution in [0.3, 0.4) is 0 Å². The average Bonchev–Trinajstić information content (AvgIpc) is 3.10. The highest BCUT2D eigenvalue weighted by Crippen LogP contribution is 2.30. The molecule has 2 aromatic heterocycles. The van der Waals surface area contributed by atoms with E-state index in [1.165, 1.54) is 15.6 Å². The molecule has 110 valence electrons. The van der Waals surface area contributed by atoms with E-state index in [0.29, 0.717) is 0 Å². The van der Waals surface area contributed by atoms with Crippen LogP contribution in [0, 0.1) is 0 Å². The molecular formula is C17H18BrNOS. The largest absolute Gasteiger partial charge is 0.453 e. The van der Waals surface area contributed by atoms with Crippen molar-refractivity contribution in [3.63, 3.8) is 0 Å². The van der Waals surface area contributed by atoms with Gasteiger partial charge < -0.3 is 9.73 Å². The molecule has 2 nitrogen and oxygen atoms in total. The molecule has 1 atom stereocenters. The molecule has 0 aliphatic rings. The van der Waals surface area contributed by atoms with Gasteiger partial charge >= 0.3 is 0 Å². The fourth-order valence-electron chi connectivity index (χ4n) is 2.52. The van der Waals surface area contributed by atoms with Crippen molar-refractivity contribution in [2.45, 2.75) is 25.8 Å². The third-order valence-electron chi connectivity index (χ3n) is 3.56. The highest BCUT2D eigenvalue weighted by Gasteiger charge is 2.17. The van der Waals surface area contributed by atoms with Crippen LogP contribution in [0.15, 0.2) is 50.9 Å². The summed E-state index contributed by atoms with van der Waals surface area (Å²) in [5, 5.41) is 7.22. The molecule has 1 N–H and O–H groups in total. The summed E-state index contributed by atoms with van der Waals surface area (Å²) in [6.07, 6.45) is 2.06. The van der Waals surface area contributed by atoms with Crippen LogP contribution in [0.5, 0.6) is 0 Å². The van der Waals surface area contributed by atoms with Crippen molar-refractivity contribution in [3.8, 4) is 0 Å². The molecule has 21 heavy (non-hydrogen) atoms. The number of hydrogen-bond donors (Lipinski definition) is 1. The number of rotatable bonds is 6. The predicted octanol–water partition coefficient (Wildman–Crippen LogP) is 5.54. The zero-order chi connectivity index (χ0) is 14.7. The van der Waals surface area contributed by atoms with Gasteiger partial charge in [0, 0.05) is 4.70 Å². The molecule has 0 saturated heterocycles.